The Hall–Kier alpha value is -2.57. The molecule has 1 aromatic carbocycles. The zero-order chi connectivity index (χ0) is 17.9. The molecular formula is C18H18F2N4O. The molecule has 2 aliphatic rings. The highest BCUT2D eigenvalue weighted by Gasteiger charge is 2.45. The first kappa shape index (κ1) is 15.9. The number of aromatic nitrogens is 3. The lowest BCUT2D eigenvalue weighted by atomic mass is 9.72. The molecule has 1 aliphatic carbocycles. The van der Waals surface area contributed by atoms with Gasteiger partial charge < -0.3 is 5.32 Å². The van der Waals surface area contributed by atoms with Crippen LogP contribution in [0.4, 0.5) is 14.7 Å². The van der Waals surface area contributed by atoms with E-state index in [4.69, 9.17) is 0 Å². The van der Waals surface area contributed by atoms with Gasteiger partial charge in [-0.25, -0.2) is 13.5 Å². The molecule has 1 aromatic heterocycles. The quantitative estimate of drug-likeness (QED) is 0.862. The van der Waals surface area contributed by atoms with Crippen LogP contribution in [0.5, 0.6) is 0 Å². The van der Waals surface area contributed by atoms with E-state index in [0.29, 0.717) is 23.8 Å². The number of ketones is 1. The number of anilines is 1. The van der Waals surface area contributed by atoms with Gasteiger partial charge in [0.25, 0.3) is 0 Å². The van der Waals surface area contributed by atoms with E-state index in [1.165, 1.54) is 12.1 Å². The molecule has 0 saturated heterocycles. The van der Waals surface area contributed by atoms with Crippen LogP contribution >= 0.6 is 0 Å². The number of hydrogen-bond acceptors (Lipinski definition) is 4. The second-order valence-corrected chi connectivity index (χ2v) is 7.41. The highest BCUT2D eigenvalue weighted by Crippen LogP contribution is 2.45. The fourth-order valence-electron chi connectivity index (χ4n) is 3.81. The first-order chi connectivity index (χ1) is 11.7. The average molecular weight is 344 g/mol. The van der Waals surface area contributed by atoms with E-state index in [1.807, 2.05) is 19.9 Å². The number of Topliss-reactive ketones (excluding diaryl/α,β-unsaturated/α-hetero) is 1. The lowest BCUT2D eigenvalue weighted by molar-refractivity contribution is -0.125. The number of carbonyl (C=O) groups is 1. The minimum Gasteiger partial charge on any atom is -0.328 e. The lowest BCUT2D eigenvalue weighted by Crippen LogP contribution is -2.42. The Kier molecular flexibility index (Phi) is 3.32. The van der Waals surface area contributed by atoms with Gasteiger partial charge in [-0.1, -0.05) is 19.9 Å². The first-order valence-electron chi connectivity index (χ1n) is 8.15. The van der Waals surface area contributed by atoms with Crippen LogP contribution in [-0.2, 0) is 4.79 Å². The van der Waals surface area contributed by atoms with E-state index < -0.39 is 23.6 Å². The summed E-state index contributed by atoms with van der Waals surface area (Å²) in [5.74, 6) is -0.913. The van der Waals surface area contributed by atoms with Crippen LogP contribution < -0.4 is 5.32 Å². The van der Waals surface area contributed by atoms with Crippen molar-refractivity contribution in [2.45, 2.75) is 33.2 Å². The Morgan fingerprint density at radius 3 is 2.60 bits per heavy atom. The zero-order valence-electron chi connectivity index (χ0n) is 14.2. The molecule has 25 heavy (non-hydrogen) atoms. The van der Waals surface area contributed by atoms with Crippen molar-refractivity contribution >= 4 is 11.7 Å². The number of fused-ring (bicyclic) bond motifs is 2. The largest absolute Gasteiger partial charge is 0.328 e. The van der Waals surface area contributed by atoms with Crippen molar-refractivity contribution in [2.24, 2.45) is 11.3 Å². The maximum absolute atomic E-state index is 13.8. The summed E-state index contributed by atoms with van der Waals surface area (Å²) in [6, 6.07) is 2.70. The number of allylic oxidation sites excluding steroid dienone is 2. The van der Waals surface area contributed by atoms with E-state index in [2.05, 4.69) is 15.4 Å². The number of carbonyl (C=O) groups excluding carboxylic acids is 1. The van der Waals surface area contributed by atoms with Crippen molar-refractivity contribution in [3.63, 3.8) is 0 Å². The minimum absolute atomic E-state index is 0.0171. The van der Waals surface area contributed by atoms with Gasteiger partial charge in [-0.05, 0) is 30.0 Å². The fraction of sp³-hybridized carbons (Fsp3) is 0.389. The molecule has 1 aliphatic heterocycles. The van der Waals surface area contributed by atoms with Crippen molar-refractivity contribution in [1.29, 1.82) is 0 Å². The number of nitrogens with one attached hydrogen (secondary N) is 1. The summed E-state index contributed by atoms with van der Waals surface area (Å²) in [6.45, 7) is 5.70. The summed E-state index contributed by atoms with van der Waals surface area (Å²) in [5, 5.41) is 7.53. The summed E-state index contributed by atoms with van der Waals surface area (Å²) >= 11 is 0. The fourth-order valence-corrected chi connectivity index (χ4v) is 3.81. The van der Waals surface area contributed by atoms with E-state index in [9.17, 15) is 13.6 Å². The second kappa shape index (κ2) is 5.21. The molecule has 0 bridgehead atoms. The smallest absolute Gasteiger partial charge is 0.226 e. The number of rotatable bonds is 1. The van der Waals surface area contributed by atoms with Gasteiger partial charge in [0.15, 0.2) is 0 Å². The van der Waals surface area contributed by atoms with Gasteiger partial charge in [0.05, 0.1) is 12.0 Å². The molecule has 7 heteroatoms. The Balaban J connectivity index is 1.94. The Labute approximate surface area is 143 Å². The molecule has 0 saturated carbocycles. The van der Waals surface area contributed by atoms with Crippen LogP contribution in [0.25, 0.3) is 0 Å². The number of hydrogen-bond donors (Lipinski definition) is 1. The number of halogens is 2. The highest BCUT2D eigenvalue weighted by molar-refractivity contribution is 5.88. The van der Waals surface area contributed by atoms with Gasteiger partial charge in [0.1, 0.15) is 23.2 Å². The van der Waals surface area contributed by atoms with E-state index >= 15 is 0 Å². The average Bonchev–Trinajstić information content (AvgIpc) is 2.82. The van der Waals surface area contributed by atoms with Crippen LogP contribution in [-0.4, -0.2) is 20.5 Å². The van der Waals surface area contributed by atoms with Gasteiger partial charge in [-0.15, -0.1) is 0 Å². The molecule has 1 N–H and O–H groups in total. The third kappa shape index (κ3) is 2.63. The molecule has 0 unspecified atom stereocenters. The highest BCUT2D eigenvalue weighted by atomic mass is 19.1. The van der Waals surface area contributed by atoms with Crippen molar-refractivity contribution in [1.82, 2.24) is 14.8 Å². The van der Waals surface area contributed by atoms with Crippen LogP contribution in [0.1, 0.15) is 37.7 Å². The summed E-state index contributed by atoms with van der Waals surface area (Å²) in [4.78, 5) is 17.2. The van der Waals surface area contributed by atoms with Gasteiger partial charge in [-0.2, -0.15) is 10.1 Å². The molecule has 130 valence electrons. The minimum atomic E-state index is -0.680. The molecule has 4 rings (SSSR count). The Morgan fingerprint density at radius 1 is 1.24 bits per heavy atom. The molecule has 2 aromatic rings. The van der Waals surface area contributed by atoms with Crippen LogP contribution in [0.2, 0.25) is 0 Å². The third-order valence-electron chi connectivity index (χ3n) is 4.66. The summed E-state index contributed by atoms with van der Waals surface area (Å²) in [7, 11) is 0. The third-order valence-corrected chi connectivity index (χ3v) is 4.66. The monoisotopic (exact) mass is 344 g/mol. The molecule has 2 heterocycles. The first-order valence-corrected chi connectivity index (χ1v) is 8.15. The van der Waals surface area contributed by atoms with E-state index in [1.54, 1.807) is 11.6 Å². The summed E-state index contributed by atoms with van der Waals surface area (Å²) < 4.78 is 29.2. The maximum atomic E-state index is 13.8. The topological polar surface area (TPSA) is 59.8 Å². The maximum Gasteiger partial charge on any atom is 0.226 e. The standard InChI is InChI=1S/C18H18F2N4O/c1-9-21-17-22-13-7-18(2,3)8-14(25)15(13)16(24(17)23-9)10-4-11(19)6-12(20)5-10/h4-7,15-16H,8H2,1-3H3,(H,21,22,23)/t15-,16-/m1/s1. The predicted octanol–water partition coefficient (Wildman–Crippen LogP) is 3.38. The summed E-state index contributed by atoms with van der Waals surface area (Å²) in [6.07, 6.45) is 2.37. The molecular weight excluding hydrogens is 326 g/mol. The van der Waals surface area contributed by atoms with Gasteiger partial charge in [0, 0.05) is 18.2 Å². The van der Waals surface area contributed by atoms with Crippen LogP contribution in [0.3, 0.4) is 0 Å². The second-order valence-electron chi connectivity index (χ2n) is 7.41. The molecule has 0 amide bonds. The Bertz CT molecular complexity index is 896. The Morgan fingerprint density at radius 2 is 1.92 bits per heavy atom. The van der Waals surface area contributed by atoms with Gasteiger partial charge >= 0.3 is 0 Å². The molecule has 0 fully saturated rings. The van der Waals surface area contributed by atoms with Gasteiger partial charge in [-0.3, -0.25) is 4.79 Å². The molecule has 0 spiro atoms. The van der Waals surface area contributed by atoms with Crippen molar-refractivity contribution in [3.05, 3.63) is 53.0 Å². The van der Waals surface area contributed by atoms with E-state index in [-0.39, 0.29) is 11.2 Å². The van der Waals surface area contributed by atoms with Crippen molar-refractivity contribution in [2.75, 3.05) is 5.32 Å². The zero-order valence-corrected chi connectivity index (χ0v) is 14.2. The number of benzene rings is 1. The predicted molar refractivity (Wildman–Crippen MR) is 87.9 cm³/mol. The van der Waals surface area contributed by atoms with Crippen LogP contribution in [0, 0.1) is 29.9 Å². The van der Waals surface area contributed by atoms with Gasteiger partial charge in [0.2, 0.25) is 5.95 Å². The summed E-state index contributed by atoms with van der Waals surface area (Å²) in [5.41, 5.74) is 0.801. The molecule has 5 nitrogen and oxygen atoms in total. The normalized spacial score (nSPS) is 24.2. The SMILES string of the molecule is Cc1nc2n(n1)[C@H](c1cc(F)cc(F)c1)[C@H]1C(=O)CC(C)(C)C=C1N2. The number of nitrogens with zero attached hydrogens (tertiary/aromatic N) is 3. The number of aryl methyl sites for hydroxylation is 1. The van der Waals surface area contributed by atoms with Crippen LogP contribution in [0.15, 0.2) is 30.0 Å². The van der Waals surface area contributed by atoms with Crippen molar-refractivity contribution < 1.29 is 13.6 Å². The molecule has 0 radical (unpaired) electrons. The lowest BCUT2D eigenvalue weighted by Gasteiger charge is -2.40. The van der Waals surface area contributed by atoms with Crippen molar-refractivity contribution in [3.8, 4) is 0 Å². The van der Waals surface area contributed by atoms with E-state index in [0.717, 1.165) is 11.8 Å². The molecule has 2 atom stereocenters.